The topological polar surface area (TPSA) is 75.2 Å². The number of anilines is 1. The number of hydrogen-bond acceptors (Lipinski definition) is 5. The van der Waals surface area contributed by atoms with Gasteiger partial charge in [-0.25, -0.2) is 9.97 Å². The number of pyridine rings is 2. The quantitative estimate of drug-likeness (QED) is 0.559. The van der Waals surface area contributed by atoms with Gasteiger partial charge in [0.25, 0.3) is 5.91 Å². The molecule has 0 aromatic carbocycles. The monoisotopic (exact) mass is 482 g/mol. The first kappa shape index (κ1) is 22.5. The highest BCUT2D eigenvalue weighted by Gasteiger charge is 2.34. The number of likely N-dealkylation sites (tertiary alicyclic amines) is 1. The summed E-state index contributed by atoms with van der Waals surface area (Å²) in [7, 11) is 0. The minimum atomic E-state index is -4.54. The van der Waals surface area contributed by atoms with Crippen LogP contribution in [-0.4, -0.2) is 39.8 Å². The standard InChI is InChI=1S/C21H18ClF3N4O2S/c1-11-14-3-4-15(21(23,24)25)27-19(14)32-17(11)20(31)29-8-6-12(7-9-29)18(30)28-16-5-2-13(22)10-26-16/h2-5,10,12H,6-9H2,1H3,(H,26,28,30). The van der Waals surface area contributed by atoms with Gasteiger partial charge >= 0.3 is 6.18 Å². The fourth-order valence-electron chi connectivity index (χ4n) is 3.63. The zero-order valence-electron chi connectivity index (χ0n) is 16.9. The van der Waals surface area contributed by atoms with Gasteiger partial charge in [0.1, 0.15) is 16.3 Å². The molecule has 3 aromatic rings. The van der Waals surface area contributed by atoms with Gasteiger partial charge in [-0.1, -0.05) is 11.6 Å². The van der Waals surface area contributed by atoms with Crippen LogP contribution in [-0.2, 0) is 11.0 Å². The maximum atomic E-state index is 13.0. The summed E-state index contributed by atoms with van der Waals surface area (Å²) >= 11 is 6.76. The SMILES string of the molecule is Cc1c(C(=O)N2CCC(C(=O)Nc3ccc(Cl)cn3)CC2)sc2nc(C(F)(F)F)ccc12. The van der Waals surface area contributed by atoms with Gasteiger partial charge in [0, 0.05) is 30.6 Å². The van der Waals surface area contributed by atoms with Crippen molar-refractivity contribution in [1.82, 2.24) is 14.9 Å². The Hall–Kier alpha value is -2.72. The first-order valence-electron chi connectivity index (χ1n) is 9.82. The van der Waals surface area contributed by atoms with Gasteiger partial charge in [-0.05, 0) is 49.6 Å². The van der Waals surface area contributed by atoms with E-state index in [1.165, 1.54) is 12.3 Å². The molecule has 4 heterocycles. The first-order valence-corrected chi connectivity index (χ1v) is 11.0. The second-order valence-electron chi connectivity index (χ2n) is 7.52. The molecular formula is C21H18ClF3N4O2S. The number of fused-ring (bicyclic) bond motifs is 1. The molecule has 168 valence electrons. The summed E-state index contributed by atoms with van der Waals surface area (Å²) in [5.74, 6) is -0.285. The smallest absolute Gasteiger partial charge is 0.338 e. The zero-order chi connectivity index (χ0) is 23.0. The predicted octanol–water partition coefficient (Wildman–Crippen LogP) is 5.16. The summed E-state index contributed by atoms with van der Waals surface area (Å²) in [5, 5.41) is 3.76. The van der Waals surface area contributed by atoms with Crippen LogP contribution in [0.15, 0.2) is 30.5 Å². The van der Waals surface area contributed by atoms with Crippen LogP contribution < -0.4 is 5.32 Å². The van der Waals surface area contributed by atoms with E-state index in [4.69, 9.17) is 11.6 Å². The van der Waals surface area contributed by atoms with E-state index < -0.39 is 11.9 Å². The fraction of sp³-hybridized carbons (Fsp3) is 0.333. The normalized spacial score (nSPS) is 15.2. The molecule has 3 aromatic heterocycles. The third kappa shape index (κ3) is 4.56. The number of halogens is 4. The Morgan fingerprint density at radius 3 is 2.53 bits per heavy atom. The lowest BCUT2D eigenvalue weighted by molar-refractivity contribution is -0.140. The van der Waals surface area contributed by atoms with Crippen LogP contribution in [0.25, 0.3) is 10.2 Å². The molecule has 0 unspecified atom stereocenters. The Kier molecular flexibility index (Phi) is 6.09. The Morgan fingerprint density at radius 2 is 1.91 bits per heavy atom. The predicted molar refractivity (Wildman–Crippen MR) is 116 cm³/mol. The molecule has 1 aliphatic heterocycles. The molecule has 2 amide bonds. The average molecular weight is 483 g/mol. The number of amides is 2. The van der Waals surface area contributed by atoms with Crippen LogP contribution in [0.2, 0.25) is 5.02 Å². The lowest BCUT2D eigenvalue weighted by atomic mass is 9.95. The third-order valence-electron chi connectivity index (χ3n) is 5.42. The number of carbonyl (C=O) groups is 2. The molecule has 1 N–H and O–H groups in total. The van der Waals surface area contributed by atoms with E-state index in [1.54, 1.807) is 24.0 Å². The molecule has 1 aliphatic rings. The number of aromatic nitrogens is 2. The Labute approximate surface area is 190 Å². The summed E-state index contributed by atoms with van der Waals surface area (Å²) in [6, 6.07) is 5.53. The van der Waals surface area contributed by atoms with Gasteiger partial charge in [0.2, 0.25) is 5.91 Å². The van der Waals surface area contributed by atoms with Crippen molar-refractivity contribution in [3.63, 3.8) is 0 Å². The molecule has 1 saturated heterocycles. The van der Waals surface area contributed by atoms with E-state index in [-0.39, 0.29) is 22.6 Å². The van der Waals surface area contributed by atoms with E-state index in [2.05, 4.69) is 15.3 Å². The van der Waals surface area contributed by atoms with Crippen molar-refractivity contribution in [1.29, 1.82) is 0 Å². The highest BCUT2D eigenvalue weighted by atomic mass is 35.5. The number of rotatable bonds is 3. The van der Waals surface area contributed by atoms with Crippen molar-refractivity contribution in [2.75, 3.05) is 18.4 Å². The second kappa shape index (κ2) is 8.67. The first-order chi connectivity index (χ1) is 15.1. The van der Waals surface area contributed by atoms with E-state index in [9.17, 15) is 22.8 Å². The molecule has 32 heavy (non-hydrogen) atoms. The van der Waals surface area contributed by atoms with E-state index in [1.807, 2.05) is 0 Å². The molecular weight excluding hydrogens is 465 g/mol. The van der Waals surface area contributed by atoms with Crippen molar-refractivity contribution >= 4 is 50.8 Å². The Bertz CT molecular complexity index is 1170. The molecule has 1 fully saturated rings. The van der Waals surface area contributed by atoms with Gasteiger partial charge in [0.05, 0.1) is 9.90 Å². The molecule has 0 atom stereocenters. The summed E-state index contributed by atoms with van der Waals surface area (Å²) in [5.41, 5.74) is -0.364. The lowest BCUT2D eigenvalue weighted by Crippen LogP contribution is -2.41. The van der Waals surface area contributed by atoms with Crippen LogP contribution in [0.4, 0.5) is 19.0 Å². The van der Waals surface area contributed by atoms with Gasteiger partial charge in [-0.3, -0.25) is 9.59 Å². The van der Waals surface area contributed by atoms with E-state index >= 15 is 0 Å². The number of aryl methyl sites for hydroxylation is 1. The van der Waals surface area contributed by atoms with E-state index in [0.29, 0.717) is 52.6 Å². The number of nitrogens with zero attached hydrogens (tertiary/aromatic N) is 3. The third-order valence-corrected chi connectivity index (χ3v) is 6.83. The molecule has 0 saturated carbocycles. The van der Waals surface area contributed by atoms with Crippen molar-refractivity contribution < 1.29 is 22.8 Å². The van der Waals surface area contributed by atoms with Crippen molar-refractivity contribution in [2.24, 2.45) is 5.92 Å². The van der Waals surface area contributed by atoms with Crippen LogP contribution in [0.1, 0.15) is 33.8 Å². The zero-order valence-corrected chi connectivity index (χ0v) is 18.4. The molecule has 11 heteroatoms. The maximum absolute atomic E-state index is 13.0. The molecule has 0 radical (unpaired) electrons. The summed E-state index contributed by atoms with van der Waals surface area (Å²) in [4.78, 5) is 35.5. The Balaban J connectivity index is 1.43. The largest absolute Gasteiger partial charge is 0.433 e. The molecule has 0 aliphatic carbocycles. The molecule has 4 rings (SSSR count). The van der Waals surface area contributed by atoms with Crippen LogP contribution in [0, 0.1) is 12.8 Å². The molecule has 0 spiro atoms. The van der Waals surface area contributed by atoms with E-state index in [0.717, 1.165) is 17.4 Å². The average Bonchev–Trinajstić information content (AvgIpc) is 3.10. The van der Waals surface area contributed by atoms with Crippen molar-refractivity contribution in [2.45, 2.75) is 25.9 Å². The lowest BCUT2D eigenvalue weighted by Gasteiger charge is -2.31. The fourth-order valence-corrected chi connectivity index (χ4v) is 4.89. The maximum Gasteiger partial charge on any atom is 0.433 e. The van der Waals surface area contributed by atoms with Gasteiger partial charge in [0.15, 0.2) is 0 Å². The molecule has 6 nitrogen and oxygen atoms in total. The number of alkyl halides is 3. The summed E-state index contributed by atoms with van der Waals surface area (Å²) < 4.78 is 38.9. The minimum absolute atomic E-state index is 0.172. The number of carbonyl (C=O) groups excluding carboxylic acids is 2. The van der Waals surface area contributed by atoms with Crippen molar-refractivity contribution in [3.05, 3.63) is 51.6 Å². The summed E-state index contributed by atoms with van der Waals surface area (Å²) in [6.45, 7) is 2.46. The second-order valence-corrected chi connectivity index (χ2v) is 8.96. The highest BCUT2D eigenvalue weighted by molar-refractivity contribution is 7.20. The molecule has 0 bridgehead atoms. The van der Waals surface area contributed by atoms with Gasteiger partial charge in [-0.15, -0.1) is 11.3 Å². The van der Waals surface area contributed by atoms with Gasteiger partial charge in [-0.2, -0.15) is 13.2 Å². The number of nitrogens with one attached hydrogen (secondary N) is 1. The Morgan fingerprint density at radius 1 is 1.19 bits per heavy atom. The number of hydrogen-bond donors (Lipinski definition) is 1. The number of piperidine rings is 1. The van der Waals surface area contributed by atoms with Crippen LogP contribution >= 0.6 is 22.9 Å². The van der Waals surface area contributed by atoms with Crippen molar-refractivity contribution in [3.8, 4) is 0 Å². The van der Waals surface area contributed by atoms with Crippen LogP contribution in [0.5, 0.6) is 0 Å². The summed E-state index contributed by atoms with van der Waals surface area (Å²) in [6.07, 6.45) is -2.14. The van der Waals surface area contributed by atoms with Crippen LogP contribution in [0.3, 0.4) is 0 Å². The number of thiophene rings is 1. The highest BCUT2D eigenvalue weighted by Crippen LogP contribution is 2.35. The minimum Gasteiger partial charge on any atom is -0.338 e. The van der Waals surface area contributed by atoms with Gasteiger partial charge < -0.3 is 10.2 Å².